The maximum atomic E-state index is 13.4. The van der Waals surface area contributed by atoms with Gasteiger partial charge in [0.25, 0.3) is 0 Å². The van der Waals surface area contributed by atoms with Crippen LogP contribution < -0.4 is 4.90 Å². The smallest absolute Gasteiger partial charge is 0.247 e. The van der Waals surface area contributed by atoms with Gasteiger partial charge in [-0.2, -0.15) is 0 Å². The summed E-state index contributed by atoms with van der Waals surface area (Å²) in [7, 11) is -3.78. The van der Waals surface area contributed by atoms with Gasteiger partial charge in [0.05, 0.1) is 9.79 Å². The first-order valence-corrected chi connectivity index (χ1v) is 12.2. The first kappa shape index (κ1) is 20.8. The van der Waals surface area contributed by atoms with Crippen molar-refractivity contribution >= 4 is 43.9 Å². The number of sulfone groups is 1. The third-order valence-electron chi connectivity index (χ3n) is 5.95. The van der Waals surface area contributed by atoms with Crippen LogP contribution in [0.25, 0.3) is 10.9 Å². The number of hydrogen-bond acceptors (Lipinski definition) is 3. The van der Waals surface area contributed by atoms with Crippen LogP contribution in [0.4, 0.5) is 5.69 Å². The first-order valence-electron chi connectivity index (χ1n) is 10.3. The Balaban J connectivity index is 1.55. The summed E-state index contributed by atoms with van der Waals surface area (Å²) in [5.41, 5.74) is 2.78. The van der Waals surface area contributed by atoms with Crippen molar-refractivity contribution in [1.82, 2.24) is 4.57 Å². The molecule has 32 heavy (non-hydrogen) atoms. The van der Waals surface area contributed by atoms with Crippen molar-refractivity contribution in [3.63, 3.8) is 0 Å². The first-order chi connectivity index (χ1) is 15.4. The molecule has 1 aromatic heterocycles. The minimum atomic E-state index is -3.78. The van der Waals surface area contributed by atoms with Crippen LogP contribution in [-0.2, 0) is 27.6 Å². The number of anilines is 1. The molecule has 2 heterocycles. The van der Waals surface area contributed by atoms with E-state index in [1.165, 1.54) is 12.1 Å². The molecular formula is C25H21ClN2O3S. The van der Waals surface area contributed by atoms with Gasteiger partial charge in [-0.05, 0) is 55.3 Å². The minimum Gasteiger partial charge on any atom is -0.337 e. The SMILES string of the molecule is CC1Cc2ccccc2N1C(=O)Cn1cc(S(=O)(=O)c2ccc(Cl)cc2)c2ccccc21. The molecule has 0 radical (unpaired) electrons. The molecule has 5 rings (SSSR count). The number of carbonyl (C=O) groups is 1. The van der Waals surface area contributed by atoms with E-state index >= 15 is 0 Å². The van der Waals surface area contributed by atoms with E-state index < -0.39 is 9.84 Å². The summed E-state index contributed by atoms with van der Waals surface area (Å²) in [5.74, 6) is -0.0707. The van der Waals surface area contributed by atoms with E-state index in [-0.39, 0.29) is 28.3 Å². The molecule has 5 nitrogen and oxygen atoms in total. The number of carbonyl (C=O) groups excluding carboxylic acids is 1. The highest BCUT2D eigenvalue weighted by Gasteiger charge is 2.31. The number of aromatic nitrogens is 1. The fraction of sp³-hybridized carbons (Fsp3) is 0.160. The second-order valence-electron chi connectivity index (χ2n) is 8.04. The van der Waals surface area contributed by atoms with Gasteiger partial charge in [-0.15, -0.1) is 0 Å². The van der Waals surface area contributed by atoms with Gasteiger partial charge < -0.3 is 9.47 Å². The van der Waals surface area contributed by atoms with Crippen LogP contribution in [0.5, 0.6) is 0 Å². The molecule has 0 aliphatic carbocycles. The predicted octanol–water partition coefficient (Wildman–Crippen LogP) is 5.11. The van der Waals surface area contributed by atoms with E-state index in [9.17, 15) is 13.2 Å². The second-order valence-corrected chi connectivity index (χ2v) is 10.4. The number of rotatable bonds is 4. The lowest BCUT2D eigenvalue weighted by Crippen LogP contribution is -2.37. The fourth-order valence-corrected chi connectivity index (χ4v) is 6.07. The Morgan fingerprint density at radius 1 is 1.00 bits per heavy atom. The van der Waals surface area contributed by atoms with Crippen molar-refractivity contribution in [3.8, 4) is 0 Å². The van der Waals surface area contributed by atoms with Crippen LogP contribution in [0, 0.1) is 0 Å². The molecule has 0 saturated heterocycles. The van der Waals surface area contributed by atoms with Gasteiger partial charge in [0.1, 0.15) is 6.54 Å². The van der Waals surface area contributed by atoms with Crippen LogP contribution in [0.2, 0.25) is 5.02 Å². The maximum Gasteiger partial charge on any atom is 0.247 e. The lowest BCUT2D eigenvalue weighted by atomic mass is 10.1. The van der Waals surface area contributed by atoms with Crippen molar-refractivity contribution in [1.29, 1.82) is 0 Å². The van der Waals surface area contributed by atoms with Crippen molar-refractivity contribution in [2.75, 3.05) is 4.90 Å². The zero-order valence-electron chi connectivity index (χ0n) is 17.4. The molecule has 1 unspecified atom stereocenters. The highest BCUT2D eigenvalue weighted by atomic mass is 35.5. The number of nitrogens with zero attached hydrogens (tertiary/aromatic N) is 2. The quantitative estimate of drug-likeness (QED) is 0.422. The molecular weight excluding hydrogens is 444 g/mol. The van der Waals surface area contributed by atoms with Crippen molar-refractivity contribution in [2.45, 2.75) is 35.7 Å². The van der Waals surface area contributed by atoms with Gasteiger partial charge in [0.15, 0.2) is 0 Å². The van der Waals surface area contributed by atoms with E-state index in [1.54, 1.807) is 35.0 Å². The zero-order valence-corrected chi connectivity index (χ0v) is 19.0. The molecule has 3 aromatic carbocycles. The highest BCUT2D eigenvalue weighted by Crippen LogP contribution is 2.34. The molecule has 4 aromatic rings. The van der Waals surface area contributed by atoms with E-state index in [1.807, 2.05) is 48.2 Å². The van der Waals surface area contributed by atoms with E-state index in [4.69, 9.17) is 11.6 Å². The second kappa shape index (κ2) is 7.80. The van der Waals surface area contributed by atoms with Crippen molar-refractivity contribution in [2.24, 2.45) is 0 Å². The largest absolute Gasteiger partial charge is 0.337 e. The normalized spacial score (nSPS) is 15.8. The number of halogens is 1. The standard InChI is InChI=1S/C25H21ClN2O3S/c1-17-14-18-6-2-4-8-22(18)28(17)25(29)16-27-15-24(21-7-3-5-9-23(21)27)32(30,31)20-12-10-19(26)11-13-20/h2-13,15,17H,14,16H2,1H3. The monoisotopic (exact) mass is 464 g/mol. The summed E-state index contributed by atoms with van der Waals surface area (Å²) in [6, 6.07) is 21.3. The number of benzene rings is 3. The van der Waals surface area contributed by atoms with Gasteiger partial charge in [-0.25, -0.2) is 8.42 Å². The number of hydrogen-bond donors (Lipinski definition) is 0. The maximum absolute atomic E-state index is 13.4. The Kier molecular flexibility index (Phi) is 5.07. The lowest BCUT2D eigenvalue weighted by molar-refractivity contribution is -0.119. The summed E-state index contributed by atoms with van der Waals surface area (Å²) < 4.78 is 28.5. The van der Waals surface area contributed by atoms with Gasteiger partial charge in [-0.1, -0.05) is 48.0 Å². The van der Waals surface area contributed by atoms with Crippen molar-refractivity contribution < 1.29 is 13.2 Å². The molecule has 1 atom stereocenters. The molecule has 0 bridgehead atoms. The van der Waals surface area contributed by atoms with Crippen molar-refractivity contribution in [3.05, 3.63) is 89.6 Å². The molecule has 0 saturated carbocycles. The molecule has 7 heteroatoms. The molecule has 0 fully saturated rings. The third-order valence-corrected chi connectivity index (χ3v) is 8.00. The van der Waals surface area contributed by atoms with Crippen LogP contribution in [-0.4, -0.2) is 24.9 Å². The molecule has 0 spiro atoms. The minimum absolute atomic E-state index is 0.0509. The van der Waals surface area contributed by atoms with Crippen LogP contribution >= 0.6 is 11.6 Å². The molecule has 1 amide bonds. The summed E-state index contributed by atoms with van der Waals surface area (Å²) >= 11 is 5.93. The Morgan fingerprint density at radius 3 is 2.47 bits per heavy atom. The van der Waals surface area contributed by atoms with E-state index in [2.05, 4.69) is 0 Å². The number of amides is 1. The third kappa shape index (κ3) is 3.40. The highest BCUT2D eigenvalue weighted by molar-refractivity contribution is 7.91. The van der Waals surface area contributed by atoms with Gasteiger partial charge in [-0.3, -0.25) is 4.79 Å². The van der Waals surface area contributed by atoms with Gasteiger partial charge >= 0.3 is 0 Å². The molecule has 1 aliphatic heterocycles. The molecule has 1 aliphatic rings. The fourth-order valence-electron chi connectivity index (χ4n) is 4.47. The van der Waals surface area contributed by atoms with E-state index in [0.717, 1.165) is 17.7 Å². The Labute approximate surface area is 191 Å². The lowest BCUT2D eigenvalue weighted by Gasteiger charge is -2.23. The number of para-hydroxylation sites is 2. The van der Waals surface area contributed by atoms with Crippen LogP contribution in [0.3, 0.4) is 0 Å². The Hall–Kier alpha value is -3.09. The summed E-state index contributed by atoms with van der Waals surface area (Å²) in [4.78, 5) is 15.5. The summed E-state index contributed by atoms with van der Waals surface area (Å²) in [5, 5.41) is 1.06. The average Bonchev–Trinajstić information content (AvgIpc) is 3.31. The Bertz CT molecular complexity index is 1440. The average molecular weight is 465 g/mol. The predicted molar refractivity (Wildman–Crippen MR) is 126 cm³/mol. The van der Waals surface area contributed by atoms with Gasteiger partial charge in [0.2, 0.25) is 15.7 Å². The van der Waals surface area contributed by atoms with E-state index in [0.29, 0.717) is 15.9 Å². The Morgan fingerprint density at radius 2 is 1.69 bits per heavy atom. The zero-order chi connectivity index (χ0) is 22.5. The summed E-state index contributed by atoms with van der Waals surface area (Å²) in [6.07, 6.45) is 2.38. The van der Waals surface area contributed by atoms with Crippen LogP contribution in [0.1, 0.15) is 12.5 Å². The topological polar surface area (TPSA) is 59.4 Å². The molecule has 0 N–H and O–H groups in total. The van der Waals surface area contributed by atoms with Gasteiger partial charge in [0, 0.05) is 33.9 Å². The number of fused-ring (bicyclic) bond motifs is 2. The van der Waals surface area contributed by atoms with Crippen LogP contribution in [0.15, 0.2) is 88.8 Å². The molecule has 162 valence electrons. The summed E-state index contributed by atoms with van der Waals surface area (Å²) in [6.45, 7) is 2.08.